The molecule has 0 saturated carbocycles. The van der Waals surface area contributed by atoms with Gasteiger partial charge in [-0.25, -0.2) is 0 Å². The average Bonchev–Trinajstić information content (AvgIpc) is 2.51. The molecule has 1 aromatic rings. The van der Waals surface area contributed by atoms with E-state index in [2.05, 4.69) is 5.92 Å². The molecule has 0 bridgehead atoms. The van der Waals surface area contributed by atoms with Crippen LogP contribution in [0.2, 0.25) is 10.0 Å². The predicted molar refractivity (Wildman–Crippen MR) is 93.1 cm³/mol. The third-order valence-electron chi connectivity index (χ3n) is 3.02. The van der Waals surface area contributed by atoms with Crippen LogP contribution in [0.4, 0.5) is 0 Å². The molecule has 0 unspecified atom stereocenters. The van der Waals surface area contributed by atoms with E-state index < -0.39 is 0 Å². The fraction of sp³-hybridized carbons (Fsp3) is 0.471. The highest BCUT2D eigenvalue weighted by molar-refractivity contribution is 6.35. The Balaban J connectivity index is 2.32. The summed E-state index contributed by atoms with van der Waals surface area (Å²) < 4.78 is 10.5. The molecule has 0 aromatic heterocycles. The van der Waals surface area contributed by atoms with E-state index in [0.29, 0.717) is 48.5 Å². The van der Waals surface area contributed by atoms with Crippen molar-refractivity contribution in [3.63, 3.8) is 0 Å². The zero-order valence-corrected chi connectivity index (χ0v) is 14.7. The van der Waals surface area contributed by atoms with Gasteiger partial charge in [0.25, 0.3) is 0 Å². The summed E-state index contributed by atoms with van der Waals surface area (Å²) in [6, 6.07) is 5.11. The van der Waals surface area contributed by atoms with Gasteiger partial charge in [-0.2, -0.15) is 0 Å². The van der Waals surface area contributed by atoms with Gasteiger partial charge in [-0.15, -0.1) is 6.42 Å². The number of benzene rings is 1. The van der Waals surface area contributed by atoms with Crippen LogP contribution in [-0.4, -0.2) is 43.7 Å². The minimum absolute atomic E-state index is 0.210. The summed E-state index contributed by atoms with van der Waals surface area (Å²) in [5, 5.41) is 1.06. The number of esters is 1. The lowest BCUT2D eigenvalue weighted by molar-refractivity contribution is -0.143. The molecule has 0 N–H and O–H groups in total. The van der Waals surface area contributed by atoms with Gasteiger partial charge in [0.2, 0.25) is 0 Å². The molecule has 4 nitrogen and oxygen atoms in total. The third-order valence-corrected chi connectivity index (χ3v) is 3.55. The lowest BCUT2D eigenvalue weighted by Crippen LogP contribution is -2.29. The van der Waals surface area contributed by atoms with E-state index in [4.69, 9.17) is 39.1 Å². The maximum absolute atomic E-state index is 11.4. The molecule has 0 aliphatic carbocycles. The molecule has 0 aliphatic heterocycles. The highest BCUT2D eigenvalue weighted by Gasteiger charge is 2.08. The van der Waals surface area contributed by atoms with E-state index in [1.807, 2.05) is 4.90 Å². The summed E-state index contributed by atoms with van der Waals surface area (Å²) in [6.07, 6.45) is 6.45. The second-order valence-corrected chi connectivity index (χ2v) is 5.66. The Morgan fingerprint density at radius 3 is 2.78 bits per heavy atom. The van der Waals surface area contributed by atoms with Crippen LogP contribution in [0.3, 0.4) is 0 Å². The first kappa shape index (κ1) is 19.6. The average molecular weight is 358 g/mol. The minimum atomic E-state index is -0.210. The van der Waals surface area contributed by atoms with Crippen LogP contribution in [0.15, 0.2) is 18.2 Å². The van der Waals surface area contributed by atoms with Crippen molar-refractivity contribution in [2.75, 3.05) is 32.8 Å². The molecule has 23 heavy (non-hydrogen) atoms. The molecular formula is C17H21Cl2NO3. The molecule has 0 aliphatic rings. The van der Waals surface area contributed by atoms with Crippen molar-refractivity contribution >= 4 is 29.2 Å². The molecule has 0 spiro atoms. The Hall–Kier alpha value is -1.41. The van der Waals surface area contributed by atoms with Crippen molar-refractivity contribution in [2.45, 2.75) is 19.8 Å². The van der Waals surface area contributed by atoms with Gasteiger partial charge < -0.3 is 9.47 Å². The van der Waals surface area contributed by atoms with Gasteiger partial charge in [-0.3, -0.25) is 9.69 Å². The van der Waals surface area contributed by atoms with Crippen LogP contribution >= 0.6 is 23.2 Å². The van der Waals surface area contributed by atoms with Crippen LogP contribution in [0, 0.1) is 12.3 Å². The van der Waals surface area contributed by atoms with Gasteiger partial charge >= 0.3 is 5.97 Å². The van der Waals surface area contributed by atoms with E-state index in [1.54, 1.807) is 25.1 Å². The van der Waals surface area contributed by atoms with E-state index in [1.165, 1.54) is 0 Å². The quantitative estimate of drug-likeness (QED) is 0.364. The summed E-state index contributed by atoms with van der Waals surface area (Å²) in [5.74, 6) is 2.99. The summed E-state index contributed by atoms with van der Waals surface area (Å²) in [4.78, 5) is 13.4. The zero-order valence-electron chi connectivity index (χ0n) is 13.2. The van der Waals surface area contributed by atoms with E-state index in [-0.39, 0.29) is 5.97 Å². The molecule has 1 rings (SSSR count). The molecular weight excluding hydrogens is 337 g/mol. The van der Waals surface area contributed by atoms with Crippen LogP contribution in [-0.2, 0) is 9.53 Å². The standard InChI is InChI=1S/C17H21Cl2NO3/c1-3-9-20(11-8-17(21)22-4-2)10-5-12-23-16-7-6-14(18)13-15(16)19/h1,6-7,13H,4-5,8-12H2,2H3. The van der Waals surface area contributed by atoms with Crippen LogP contribution in [0.25, 0.3) is 0 Å². The monoisotopic (exact) mass is 357 g/mol. The number of hydrogen-bond acceptors (Lipinski definition) is 4. The second-order valence-electron chi connectivity index (χ2n) is 4.81. The first-order valence-electron chi connectivity index (χ1n) is 7.46. The van der Waals surface area contributed by atoms with E-state index >= 15 is 0 Å². The molecule has 0 amide bonds. The molecule has 1 aromatic carbocycles. The first-order valence-corrected chi connectivity index (χ1v) is 8.21. The molecule has 0 saturated heterocycles. The number of nitrogens with zero attached hydrogens (tertiary/aromatic N) is 1. The van der Waals surface area contributed by atoms with Gasteiger partial charge in [0, 0.05) is 18.1 Å². The number of carbonyl (C=O) groups excluding carboxylic acids is 1. The molecule has 0 heterocycles. The maximum Gasteiger partial charge on any atom is 0.307 e. The maximum atomic E-state index is 11.4. The SMILES string of the molecule is C#CCN(CCCOc1ccc(Cl)cc1Cl)CCC(=O)OCC. The Kier molecular flexibility index (Phi) is 9.54. The summed E-state index contributed by atoms with van der Waals surface area (Å²) in [7, 11) is 0. The van der Waals surface area contributed by atoms with Crippen LogP contribution < -0.4 is 4.74 Å². The Labute approximate surface area is 147 Å². The van der Waals surface area contributed by atoms with Crippen LogP contribution in [0.5, 0.6) is 5.75 Å². The zero-order chi connectivity index (χ0) is 17.1. The van der Waals surface area contributed by atoms with Gasteiger partial charge in [-0.05, 0) is 31.5 Å². The number of carbonyl (C=O) groups is 1. The molecule has 0 atom stereocenters. The lowest BCUT2D eigenvalue weighted by Gasteiger charge is -2.19. The molecule has 126 valence electrons. The molecule has 6 heteroatoms. The number of ether oxygens (including phenoxy) is 2. The van der Waals surface area contributed by atoms with Crippen molar-refractivity contribution in [3.8, 4) is 18.1 Å². The van der Waals surface area contributed by atoms with E-state index in [9.17, 15) is 4.79 Å². The van der Waals surface area contributed by atoms with Gasteiger partial charge in [-0.1, -0.05) is 29.1 Å². The third kappa shape index (κ3) is 8.13. The smallest absolute Gasteiger partial charge is 0.307 e. The normalized spacial score (nSPS) is 10.4. The summed E-state index contributed by atoms with van der Waals surface area (Å²) in [6.45, 7) is 4.47. The van der Waals surface area contributed by atoms with Crippen molar-refractivity contribution in [3.05, 3.63) is 28.2 Å². The number of halogens is 2. The first-order chi connectivity index (χ1) is 11.1. The minimum Gasteiger partial charge on any atom is -0.492 e. The van der Waals surface area contributed by atoms with Crippen LogP contribution in [0.1, 0.15) is 19.8 Å². The summed E-state index contributed by atoms with van der Waals surface area (Å²) >= 11 is 11.9. The predicted octanol–water partition coefficient (Wildman–Crippen LogP) is 3.65. The van der Waals surface area contributed by atoms with Crippen molar-refractivity contribution in [1.82, 2.24) is 4.90 Å². The Morgan fingerprint density at radius 1 is 1.35 bits per heavy atom. The molecule has 0 radical (unpaired) electrons. The second kappa shape index (κ2) is 11.2. The highest BCUT2D eigenvalue weighted by Crippen LogP contribution is 2.27. The topological polar surface area (TPSA) is 38.8 Å². The highest BCUT2D eigenvalue weighted by atomic mass is 35.5. The van der Waals surface area contributed by atoms with Gasteiger partial charge in [0.05, 0.1) is 31.2 Å². The molecule has 0 fully saturated rings. The van der Waals surface area contributed by atoms with Crippen molar-refractivity contribution < 1.29 is 14.3 Å². The fourth-order valence-electron chi connectivity index (χ4n) is 1.94. The van der Waals surface area contributed by atoms with Crippen molar-refractivity contribution in [1.29, 1.82) is 0 Å². The van der Waals surface area contributed by atoms with Gasteiger partial charge in [0.15, 0.2) is 0 Å². The number of hydrogen-bond donors (Lipinski definition) is 0. The van der Waals surface area contributed by atoms with Crippen molar-refractivity contribution in [2.24, 2.45) is 0 Å². The fourth-order valence-corrected chi connectivity index (χ4v) is 2.41. The Bertz CT molecular complexity index is 543. The van der Waals surface area contributed by atoms with E-state index in [0.717, 1.165) is 13.0 Å². The Morgan fingerprint density at radius 2 is 2.13 bits per heavy atom. The number of terminal acetylenes is 1. The lowest BCUT2D eigenvalue weighted by atomic mass is 10.3. The largest absolute Gasteiger partial charge is 0.492 e. The van der Waals surface area contributed by atoms with Gasteiger partial charge in [0.1, 0.15) is 5.75 Å². The number of rotatable bonds is 10. The summed E-state index contributed by atoms with van der Waals surface area (Å²) in [5.41, 5.74) is 0.